The van der Waals surface area contributed by atoms with Gasteiger partial charge in [-0.05, 0) is 43.8 Å². The smallest absolute Gasteiger partial charge is 0.192 e. The highest BCUT2D eigenvalue weighted by Crippen LogP contribution is 2.24. The van der Waals surface area contributed by atoms with Crippen LogP contribution in [0.3, 0.4) is 0 Å². The summed E-state index contributed by atoms with van der Waals surface area (Å²) in [5, 5.41) is 0.754. The Morgan fingerprint density at radius 1 is 1.18 bits per heavy atom. The standard InChI is InChI=1S/C12H14N4S/c1-8-5-9(2)16-12(15-8)17-11-4-3-10(6-13)14-7-11/h3-5,7H,6,13H2,1-2H3. The van der Waals surface area contributed by atoms with E-state index in [1.807, 2.05) is 32.0 Å². The van der Waals surface area contributed by atoms with Crippen LogP contribution < -0.4 is 5.73 Å². The van der Waals surface area contributed by atoms with Crippen LogP contribution in [0, 0.1) is 13.8 Å². The lowest BCUT2D eigenvalue weighted by Gasteiger charge is -2.03. The van der Waals surface area contributed by atoms with Gasteiger partial charge in [0.15, 0.2) is 5.16 Å². The zero-order valence-corrected chi connectivity index (χ0v) is 10.7. The van der Waals surface area contributed by atoms with Gasteiger partial charge in [0.05, 0.1) is 5.69 Å². The van der Waals surface area contributed by atoms with Gasteiger partial charge in [-0.3, -0.25) is 4.98 Å². The van der Waals surface area contributed by atoms with Gasteiger partial charge in [-0.25, -0.2) is 9.97 Å². The number of rotatable bonds is 3. The van der Waals surface area contributed by atoms with E-state index in [0.29, 0.717) is 6.54 Å². The number of aromatic nitrogens is 3. The fourth-order valence-corrected chi connectivity index (χ4v) is 2.27. The van der Waals surface area contributed by atoms with Crippen molar-refractivity contribution in [3.05, 3.63) is 41.5 Å². The summed E-state index contributed by atoms with van der Waals surface area (Å²) in [6.07, 6.45) is 1.80. The van der Waals surface area contributed by atoms with Crippen LogP contribution in [0.1, 0.15) is 17.1 Å². The van der Waals surface area contributed by atoms with Gasteiger partial charge >= 0.3 is 0 Å². The van der Waals surface area contributed by atoms with Crippen molar-refractivity contribution in [1.82, 2.24) is 15.0 Å². The average Bonchev–Trinajstić information content (AvgIpc) is 2.28. The number of nitrogens with zero attached hydrogens (tertiary/aromatic N) is 3. The van der Waals surface area contributed by atoms with Crippen LogP contribution >= 0.6 is 11.8 Å². The molecule has 0 saturated heterocycles. The van der Waals surface area contributed by atoms with Crippen LogP contribution in [0.5, 0.6) is 0 Å². The van der Waals surface area contributed by atoms with Crippen molar-refractivity contribution in [2.45, 2.75) is 30.4 Å². The summed E-state index contributed by atoms with van der Waals surface area (Å²) < 4.78 is 0. The second kappa shape index (κ2) is 5.25. The van der Waals surface area contributed by atoms with Crippen LogP contribution in [0.2, 0.25) is 0 Å². The topological polar surface area (TPSA) is 64.7 Å². The molecule has 0 spiro atoms. The molecule has 0 aromatic carbocycles. The normalized spacial score (nSPS) is 10.5. The molecule has 0 saturated carbocycles. The molecule has 5 heteroatoms. The summed E-state index contributed by atoms with van der Waals surface area (Å²) in [4.78, 5) is 14.0. The first kappa shape index (κ1) is 12.0. The van der Waals surface area contributed by atoms with Crippen molar-refractivity contribution < 1.29 is 0 Å². The summed E-state index contributed by atoms with van der Waals surface area (Å²) in [6, 6.07) is 5.87. The molecule has 0 fully saturated rings. The molecule has 2 aromatic heterocycles. The molecule has 0 aliphatic carbocycles. The van der Waals surface area contributed by atoms with E-state index in [2.05, 4.69) is 15.0 Å². The molecule has 0 aliphatic rings. The minimum atomic E-state index is 0.463. The maximum atomic E-state index is 5.50. The van der Waals surface area contributed by atoms with Gasteiger partial charge in [-0.15, -0.1) is 0 Å². The lowest BCUT2D eigenvalue weighted by Crippen LogP contribution is -1.98. The largest absolute Gasteiger partial charge is 0.325 e. The zero-order chi connectivity index (χ0) is 12.3. The van der Waals surface area contributed by atoms with Crippen LogP contribution in [0.4, 0.5) is 0 Å². The Morgan fingerprint density at radius 3 is 2.41 bits per heavy atom. The number of pyridine rings is 1. The van der Waals surface area contributed by atoms with E-state index in [1.165, 1.54) is 11.8 Å². The van der Waals surface area contributed by atoms with E-state index in [0.717, 1.165) is 27.1 Å². The first-order valence-electron chi connectivity index (χ1n) is 5.32. The van der Waals surface area contributed by atoms with E-state index in [4.69, 9.17) is 5.73 Å². The minimum Gasteiger partial charge on any atom is -0.325 e. The highest BCUT2D eigenvalue weighted by atomic mass is 32.2. The third-order valence-corrected chi connectivity index (χ3v) is 3.02. The predicted molar refractivity (Wildman–Crippen MR) is 67.8 cm³/mol. The van der Waals surface area contributed by atoms with Gasteiger partial charge in [0, 0.05) is 29.0 Å². The number of nitrogens with two attached hydrogens (primary N) is 1. The molecular formula is C12H14N4S. The molecule has 0 radical (unpaired) electrons. The zero-order valence-electron chi connectivity index (χ0n) is 9.84. The molecule has 88 valence electrons. The molecular weight excluding hydrogens is 232 g/mol. The Morgan fingerprint density at radius 2 is 1.88 bits per heavy atom. The van der Waals surface area contributed by atoms with Gasteiger partial charge in [0.1, 0.15) is 0 Å². The van der Waals surface area contributed by atoms with Crippen LogP contribution in [-0.4, -0.2) is 15.0 Å². The summed E-state index contributed by atoms with van der Waals surface area (Å²) >= 11 is 1.51. The predicted octanol–water partition coefficient (Wildman–Crippen LogP) is 2.10. The van der Waals surface area contributed by atoms with E-state index < -0.39 is 0 Å². The first-order valence-corrected chi connectivity index (χ1v) is 6.14. The van der Waals surface area contributed by atoms with E-state index >= 15 is 0 Å². The minimum absolute atomic E-state index is 0.463. The fourth-order valence-electron chi connectivity index (χ4n) is 1.44. The van der Waals surface area contributed by atoms with Gasteiger partial charge in [-0.1, -0.05) is 0 Å². The van der Waals surface area contributed by atoms with Crippen molar-refractivity contribution in [1.29, 1.82) is 0 Å². The average molecular weight is 246 g/mol. The van der Waals surface area contributed by atoms with E-state index in [-0.39, 0.29) is 0 Å². The molecule has 2 N–H and O–H groups in total. The third kappa shape index (κ3) is 3.25. The molecule has 2 aromatic rings. The Hall–Kier alpha value is -1.46. The van der Waals surface area contributed by atoms with Crippen LogP contribution in [-0.2, 0) is 6.54 Å². The third-order valence-electron chi connectivity index (χ3n) is 2.18. The highest BCUT2D eigenvalue weighted by molar-refractivity contribution is 7.99. The molecule has 0 atom stereocenters. The molecule has 0 amide bonds. The van der Waals surface area contributed by atoms with Gasteiger partial charge in [0.25, 0.3) is 0 Å². The van der Waals surface area contributed by atoms with E-state index in [1.54, 1.807) is 6.20 Å². The van der Waals surface area contributed by atoms with Crippen LogP contribution in [0.25, 0.3) is 0 Å². The number of aryl methyl sites for hydroxylation is 2. The number of hydrogen-bond donors (Lipinski definition) is 1. The maximum absolute atomic E-state index is 5.50. The molecule has 2 heterocycles. The summed E-state index contributed by atoms with van der Waals surface area (Å²) in [6.45, 7) is 4.40. The van der Waals surface area contributed by atoms with Crippen molar-refractivity contribution in [3.63, 3.8) is 0 Å². The van der Waals surface area contributed by atoms with Crippen LogP contribution in [0.15, 0.2) is 34.4 Å². The van der Waals surface area contributed by atoms with Crippen molar-refractivity contribution in [2.24, 2.45) is 5.73 Å². The lowest BCUT2D eigenvalue weighted by atomic mass is 10.4. The fraction of sp³-hybridized carbons (Fsp3) is 0.250. The highest BCUT2D eigenvalue weighted by Gasteiger charge is 2.03. The maximum Gasteiger partial charge on any atom is 0.192 e. The van der Waals surface area contributed by atoms with Crippen molar-refractivity contribution in [3.8, 4) is 0 Å². The number of hydrogen-bond acceptors (Lipinski definition) is 5. The Balaban J connectivity index is 2.19. The Labute approximate surface area is 105 Å². The van der Waals surface area contributed by atoms with Crippen molar-refractivity contribution in [2.75, 3.05) is 0 Å². The molecule has 0 aliphatic heterocycles. The first-order chi connectivity index (χ1) is 8.17. The van der Waals surface area contributed by atoms with Gasteiger partial charge in [-0.2, -0.15) is 0 Å². The summed E-state index contributed by atoms with van der Waals surface area (Å²) in [7, 11) is 0. The lowest BCUT2D eigenvalue weighted by molar-refractivity contribution is 0.900. The monoisotopic (exact) mass is 246 g/mol. The summed E-state index contributed by atoms with van der Waals surface area (Å²) in [5.74, 6) is 0. The molecule has 17 heavy (non-hydrogen) atoms. The van der Waals surface area contributed by atoms with Crippen molar-refractivity contribution >= 4 is 11.8 Å². The molecule has 0 bridgehead atoms. The quantitative estimate of drug-likeness (QED) is 0.840. The SMILES string of the molecule is Cc1cc(C)nc(Sc2ccc(CN)nc2)n1. The second-order valence-electron chi connectivity index (χ2n) is 3.72. The second-order valence-corrected chi connectivity index (χ2v) is 4.77. The Bertz CT molecular complexity index is 490. The van der Waals surface area contributed by atoms with Gasteiger partial charge < -0.3 is 5.73 Å². The van der Waals surface area contributed by atoms with E-state index in [9.17, 15) is 0 Å². The summed E-state index contributed by atoms with van der Waals surface area (Å²) in [5.41, 5.74) is 8.34. The van der Waals surface area contributed by atoms with Gasteiger partial charge in [0.2, 0.25) is 0 Å². The Kier molecular flexibility index (Phi) is 3.71. The molecule has 2 rings (SSSR count). The molecule has 4 nitrogen and oxygen atoms in total. The molecule has 0 unspecified atom stereocenters.